The molecule has 0 unspecified atom stereocenters. The predicted molar refractivity (Wildman–Crippen MR) is 161 cm³/mol. The van der Waals surface area contributed by atoms with E-state index in [4.69, 9.17) is 10.1 Å². The summed E-state index contributed by atoms with van der Waals surface area (Å²) in [6, 6.07) is 15.4. The first-order chi connectivity index (χ1) is 18.8. The molecule has 0 aliphatic heterocycles. The van der Waals surface area contributed by atoms with Crippen LogP contribution in [0.25, 0.3) is 22.2 Å². The fourth-order valence-corrected chi connectivity index (χ4v) is 6.99. The van der Waals surface area contributed by atoms with Gasteiger partial charge in [0.15, 0.2) is 0 Å². The van der Waals surface area contributed by atoms with E-state index < -0.39 is 5.97 Å². The van der Waals surface area contributed by atoms with Crippen LogP contribution in [-0.4, -0.2) is 41.3 Å². The maximum absolute atomic E-state index is 11.8. The first-order valence-corrected chi connectivity index (χ1v) is 15.6. The summed E-state index contributed by atoms with van der Waals surface area (Å²) in [4.78, 5) is 17.1. The number of rotatable bonds is 9. The van der Waals surface area contributed by atoms with E-state index in [0.29, 0.717) is 28.5 Å². The van der Waals surface area contributed by atoms with E-state index >= 15 is 0 Å². The number of hydrogen-bond acceptors (Lipinski definition) is 6. The van der Waals surface area contributed by atoms with Crippen molar-refractivity contribution in [3.8, 4) is 11.1 Å². The number of carboxylic acid groups (broad SMARTS) is 1. The second-order valence-electron chi connectivity index (χ2n) is 10.8. The van der Waals surface area contributed by atoms with Crippen molar-refractivity contribution in [1.29, 1.82) is 0 Å². The van der Waals surface area contributed by atoms with Crippen molar-refractivity contribution in [1.82, 2.24) is 19.7 Å². The summed E-state index contributed by atoms with van der Waals surface area (Å²) in [7, 11) is 0. The number of carbonyl (C=O) groups is 1. The van der Waals surface area contributed by atoms with Crippen molar-refractivity contribution >= 4 is 40.5 Å². The van der Waals surface area contributed by atoms with Crippen LogP contribution in [0, 0.1) is 0 Å². The lowest BCUT2D eigenvalue weighted by atomic mass is 9.88. The van der Waals surface area contributed by atoms with Gasteiger partial charge in [0, 0.05) is 23.0 Å². The zero-order valence-corrected chi connectivity index (χ0v) is 24.7. The Morgan fingerprint density at radius 1 is 0.923 bits per heavy atom. The fourth-order valence-electron chi connectivity index (χ4n) is 5.35. The van der Waals surface area contributed by atoms with Gasteiger partial charge in [0.1, 0.15) is 26.9 Å². The second-order valence-corrected chi connectivity index (χ2v) is 13.9. The van der Waals surface area contributed by atoms with E-state index in [1.54, 1.807) is 35.7 Å². The van der Waals surface area contributed by atoms with Gasteiger partial charge < -0.3 is 9.67 Å². The zero-order valence-electron chi connectivity index (χ0n) is 23.1. The van der Waals surface area contributed by atoms with Crippen LogP contribution in [0.5, 0.6) is 0 Å². The van der Waals surface area contributed by atoms with Gasteiger partial charge in [-0.15, -0.1) is 10.2 Å². The largest absolute Gasteiger partial charge is 0.478 e. The third-order valence-electron chi connectivity index (χ3n) is 7.06. The summed E-state index contributed by atoms with van der Waals surface area (Å²) < 4.78 is 2.40. The third-order valence-corrected chi connectivity index (χ3v) is 9.00. The Balaban J connectivity index is 1.60. The molecule has 1 fully saturated rings. The van der Waals surface area contributed by atoms with Crippen molar-refractivity contribution in [2.24, 2.45) is 0 Å². The molecule has 1 saturated carbocycles. The zero-order chi connectivity index (χ0) is 27.5. The van der Waals surface area contributed by atoms with Gasteiger partial charge in [-0.05, 0) is 35.6 Å². The fraction of sp³-hybridized carbons (Fsp3) is 0.419. The molecule has 2 aromatic carbocycles. The number of nitrogens with zero attached hydrogens (tertiary/aromatic N) is 4. The van der Waals surface area contributed by atoms with Gasteiger partial charge in [-0.25, -0.2) is 9.78 Å². The summed E-state index contributed by atoms with van der Waals surface area (Å²) >= 11 is 3.47. The molecule has 0 saturated heterocycles. The van der Waals surface area contributed by atoms with Gasteiger partial charge in [-0.1, -0.05) is 113 Å². The van der Waals surface area contributed by atoms with Crippen LogP contribution < -0.4 is 0 Å². The number of imidazole rings is 1. The van der Waals surface area contributed by atoms with E-state index in [-0.39, 0.29) is 0 Å². The van der Waals surface area contributed by atoms with E-state index in [0.717, 1.165) is 56.4 Å². The van der Waals surface area contributed by atoms with Crippen molar-refractivity contribution in [3.05, 3.63) is 65.5 Å². The van der Waals surface area contributed by atoms with E-state index in [1.807, 2.05) is 24.3 Å². The molecule has 6 nitrogen and oxygen atoms in total. The molecule has 2 aromatic heterocycles. The highest BCUT2D eigenvalue weighted by molar-refractivity contribution is 8.00. The number of benzene rings is 2. The van der Waals surface area contributed by atoms with Crippen LogP contribution in [-0.2, 0) is 6.54 Å². The number of hydrogen-bond donors (Lipinski definition) is 1. The minimum atomic E-state index is -0.914. The van der Waals surface area contributed by atoms with Crippen LogP contribution in [0.2, 0.25) is 0 Å². The van der Waals surface area contributed by atoms with Gasteiger partial charge in [-0.2, -0.15) is 0 Å². The molecule has 5 rings (SSSR count). The van der Waals surface area contributed by atoms with E-state index in [1.165, 1.54) is 19.3 Å². The number of thioether (sulfide) groups is 2. The van der Waals surface area contributed by atoms with Crippen LogP contribution >= 0.6 is 23.5 Å². The average Bonchev–Trinajstić information content (AvgIpc) is 3.30. The lowest BCUT2D eigenvalue weighted by molar-refractivity contribution is 0.0697. The highest BCUT2D eigenvalue weighted by Gasteiger charge is 2.27. The summed E-state index contributed by atoms with van der Waals surface area (Å²) in [5.41, 5.74) is 5.16. The number of fused-ring (bicyclic) bond motifs is 1. The minimum Gasteiger partial charge on any atom is -0.478 e. The predicted octanol–water partition coefficient (Wildman–Crippen LogP) is 8.29. The van der Waals surface area contributed by atoms with Gasteiger partial charge in [0.2, 0.25) is 0 Å². The van der Waals surface area contributed by atoms with Crippen molar-refractivity contribution in [2.45, 2.75) is 92.8 Å². The lowest BCUT2D eigenvalue weighted by Crippen LogP contribution is -2.13. The Kier molecular flexibility index (Phi) is 8.62. The van der Waals surface area contributed by atoms with Gasteiger partial charge >= 0.3 is 5.97 Å². The van der Waals surface area contributed by atoms with Crippen LogP contribution in [0.1, 0.15) is 87.5 Å². The van der Waals surface area contributed by atoms with Gasteiger partial charge in [0.05, 0.1) is 5.56 Å². The van der Waals surface area contributed by atoms with Crippen molar-refractivity contribution < 1.29 is 9.90 Å². The Morgan fingerprint density at radius 2 is 1.56 bits per heavy atom. The van der Waals surface area contributed by atoms with Gasteiger partial charge in [0.25, 0.3) is 0 Å². The number of carboxylic acids is 1. The van der Waals surface area contributed by atoms with Crippen molar-refractivity contribution in [2.75, 3.05) is 0 Å². The molecule has 0 radical (unpaired) electrons. The maximum Gasteiger partial charge on any atom is 0.336 e. The Morgan fingerprint density at radius 3 is 2.23 bits per heavy atom. The molecule has 4 aromatic rings. The Bertz CT molecular complexity index is 1460. The summed E-state index contributed by atoms with van der Waals surface area (Å²) in [5, 5.41) is 21.6. The molecule has 0 amide bonds. The number of aromatic carboxylic acids is 1. The third kappa shape index (κ3) is 6.17. The number of aromatic nitrogens is 4. The average molecular weight is 561 g/mol. The SMILES string of the molecule is CC(C)Sc1nnc(SC(C)C)c2c1nc(C1CCCCC1)n2Cc1ccc(-c2ccccc2C(=O)O)cc1. The first-order valence-electron chi connectivity index (χ1n) is 13.8. The van der Waals surface area contributed by atoms with Gasteiger partial charge in [-0.3, -0.25) is 0 Å². The van der Waals surface area contributed by atoms with E-state index in [2.05, 4.69) is 49.5 Å². The molecular formula is C31H36N4O2S2. The normalized spacial score (nSPS) is 14.5. The molecule has 8 heteroatoms. The summed E-state index contributed by atoms with van der Waals surface area (Å²) in [5.74, 6) is 0.667. The first kappa shape index (κ1) is 27.7. The molecule has 1 aliphatic rings. The molecule has 0 atom stereocenters. The molecule has 0 bridgehead atoms. The van der Waals surface area contributed by atoms with E-state index in [9.17, 15) is 9.90 Å². The second kappa shape index (κ2) is 12.1. The molecular weight excluding hydrogens is 525 g/mol. The smallest absolute Gasteiger partial charge is 0.336 e. The van der Waals surface area contributed by atoms with Crippen molar-refractivity contribution in [3.63, 3.8) is 0 Å². The highest BCUT2D eigenvalue weighted by atomic mass is 32.2. The molecule has 0 spiro atoms. The molecule has 1 aliphatic carbocycles. The maximum atomic E-state index is 11.8. The molecule has 1 N–H and O–H groups in total. The van der Waals surface area contributed by atoms with Crippen LogP contribution in [0.3, 0.4) is 0 Å². The quantitative estimate of drug-likeness (QED) is 0.206. The minimum absolute atomic E-state index is 0.314. The molecule has 2 heterocycles. The Labute approximate surface area is 239 Å². The van der Waals surface area contributed by atoms with Crippen LogP contribution in [0.15, 0.2) is 58.6 Å². The highest BCUT2D eigenvalue weighted by Crippen LogP contribution is 2.40. The standard InChI is InChI=1S/C31H36N4O2S2/c1-19(2)38-29-26-27(30(34-33-29)39-20(3)4)35(28(32-26)23-10-6-5-7-11-23)18-21-14-16-22(17-15-21)24-12-8-9-13-25(24)31(36)37/h8-9,12-17,19-20,23H,5-7,10-11,18H2,1-4H3,(H,36,37). The molecule has 204 valence electrons. The summed E-state index contributed by atoms with van der Waals surface area (Å²) in [6.07, 6.45) is 6.09. The summed E-state index contributed by atoms with van der Waals surface area (Å²) in [6.45, 7) is 9.42. The Hall–Kier alpha value is -2.84. The molecule has 39 heavy (non-hydrogen) atoms. The topological polar surface area (TPSA) is 80.9 Å². The van der Waals surface area contributed by atoms with Crippen LogP contribution in [0.4, 0.5) is 0 Å². The monoisotopic (exact) mass is 560 g/mol. The lowest BCUT2D eigenvalue weighted by Gasteiger charge is -2.22.